The van der Waals surface area contributed by atoms with Crippen LogP contribution in [0.2, 0.25) is 5.02 Å². The van der Waals surface area contributed by atoms with E-state index in [1.807, 2.05) is 12.1 Å². The van der Waals surface area contributed by atoms with Crippen molar-refractivity contribution in [2.24, 2.45) is 0 Å². The Morgan fingerprint density at radius 3 is 1.23 bits per heavy atom. The van der Waals surface area contributed by atoms with Gasteiger partial charge in [0.15, 0.2) is 0 Å². The highest BCUT2D eigenvalue weighted by Gasteiger charge is 2.46. The molecule has 0 radical (unpaired) electrons. The van der Waals surface area contributed by atoms with Gasteiger partial charge in [-0.2, -0.15) is 0 Å². The van der Waals surface area contributed by atoms with E-state index in [9.17, 15) is 0 Å². The molecular formula is C106H100BClN4O2. The predicted octanol–water partition coefficient (Wildman–Crippen LogP) is 28.4. The Kier molecular flexibility index (Phi) is 18.7. The molecule has 0 saturated heterocycles. The van der Waals surface area contributed by atoms with Gasteiger partial charge in [-0.1, -0.05) is 280 Å². The van der Waals surface area contributed by atoms with Gasteiger partial charge in [-0.3, -0.25) is 0 Å². The van der Waals surface area contributed by atoms with Crippen molar-refractivity contribution in [3.63, 3.8) is 0 Å². The topological polar surface area (TPSA) is 31.4 Å². The maximum absolute atomic E-state index is 7.38. The van der Waals surface area contributed by atoms with Crippen molar-refractivity contribution >= 4 is 103 Å². The molecule has 18 rings (SSSR count). The summed E-state index contributed by atoms with van der Waals surface area (Å²) in [6, 6.07) is 114. The Labute approximate surface area is 681 Å². The molecule has 8 heteroatoms. The van der Waals surface area contributed by atoms with Gasteiger partial charge < -0.3 is 29.1 Å². The average Bonchev–Trinajstić information content (AvgIpc) is 1.23. The Morgan fingerprint density at radius 2 is 0.746 bits per heavy atom. The van der Waals surface area contributed by atoms with Crippen LogP contribution in [0.4, 0.5) is 68.2 Å². The van der Waals surface area contributed by atoms with Crippen molar-refractivity contribution < 1.29 is 9.47 Å². The molecule has 0 amide bonds. The molecule has 0 saturated carbocycles. The smallest absolute Gasteiger partial charge is 0.256 e. The second-order valence-corrected chi connectivity index (χ2v) is 36.7. The van der Waals surface area contributed by atoms with Crippen molar-refractivity contribution in [1.82, 2.24) is 0 Å². The van der Waals surface area contributed by atoms with Gasteiger partial charge in [0.1, 0.15) is 28.0 Å². The lowest BCUT2D eigenvalue weighted by atomic mass is 9.33. The zero-order valence-electron chi connectivity index (χ0n) is 68.6. The molecule has 0 atom stereocenters. The third-order valence-electron chi connectivity index (χ3n) is 23.9. The maximum atomic E-state index is 7.38. The third-order valence-corrected chi connectivity index (χ3v) is 24.3. The van der Waals surface area contributed by atoms with Crippen LogP contribution in [0.15, 0.2) is 315 Å². The highest BCUT2D eigenvalue weighted by Crippen LogP contribution is 2.56. The molecule has 2 aliphatic heterocycles. The fourth-order valence-corrected chi connectivity index (χ4v) is 17.8. The number of rotatable bonds is 12. The van der Waals surface area contributed by atoms with Crippen LogP contribution in [0.3, 0.4) is 0 Å². The van der Waals surface area contributed by atoms with Gasteiger partial charge in [0, 0.05) is 73.4 Å². The van der Waals surface area contributed by atoms with Crippen LogP contribution in [0.1, 0.15) is 155 Å². The van der Waals surface area contributed by atoms with Gasteiger partial charge in [-0.15, -0.1) is 0 Å². The van der Waals surface area contributed by atoms with Gasteiger partial charge in [0.25, 0.3) is 6.71 Å². The molecule has 4 aliphatic rings. The van der Waals surface area contributed by atoms with Crippen LogP contribution < -0.4 is 45.5 Å². The molecule has 0 fully saturated rings. The van der Waals surface area contributed by atoms with Gasteiger partial charge in [-0.05, 0) is 263 Å². The standard InChI is InChI=1S/C53H49BN2O.C53H51ClN2O/c1-51(2,3)34-22-25-38(26-23-34)56-46-29-24-35(52(4,5)6)30-44(46)54-45-33-43-41(32-49(45)57-48-21-15-20-47(56)50(48)54)40-28-27-39(31-42(40)53(43,7)8)55(36-16-11-9-12-17-36)37-18-13-10-14-19-37;1-51(2,3)36-22-26-40(27-23-36)56(41-28-24-37(25-29-41)52(4,5)6)48-20-15-21-49(50(48)54)57-43-31-33-46-45(35-43)44-32-30-42(34-47(44)53(46,7)8)55(38-16-11-9-12-17-38)39-18-13-10-14-19-39/h9-33H,1-8H3;9-35H,1-8H3. The van der Waals surface area contributed by atoms with Crippen molar-refractivity contribution in [1.29, 1.82) is 0 Å². The quantitative estimate of drug-likeness (QED) is 0.113. The van der Waals surface area contributed by atoms with Crippen LogP contribution in [0.25, 0.3) is 22.3 Å². The Hall–Kier alpha value is -11.8. The number of para-hydroxylation sites is 4. The minimum absolute atomic E-state index is 0.00529. The van der Waals surface area contributed by atoms with Crippen LogP contribution in [0.5, 0.6) is 23.0 Å². The fourth-order valence-electron chi connectivity index (χ4n) is 17.5. The van der Waals surface area contributed by atoms with Gasteiger partial charge in [0.2, 0.25) is 0 Å². The molecule has 0 spiro atoms. The lowest BCUT2D eigenvalue weighted by molar-refractivity contribution is 0.483. The second kappa shape index (κ2) is 28.4. The maximum Gasteiger partial charge on any atom is 0.256 e. The zero-order chi connectivity index (χ0) is 79.5. The summed E-state index contributed by atoms with van der Waals surface area (Å²) >= 11 is 7.38. The lowest BCUT2D eigenvalue weighted by Crippen LogP contribution is -2.59. The summed E-state index contributed by atoms with van der Waals surface area (Å²) in [5.74, 6) is 3.22. The summed E-state index contributed by atoms with van der Waals surface area (Å²) in [6.07, 6.45) is 0. The highest BCUT2D eigenvalue weighted by molar-refractivity contribution is 6.99. The Balaban J connectivity index is 0.000000165. The van der Waals surface area contributed by atoms with Crippen LogP contribution >= 0.6 is 11.6 Å². The number of benzene rings is 14. The number of hydrogen-bond donors (Lipinski definition) is 0. The molecule has 2 aliphatic carbocycles. The van der Waals surface area contributed by atoms with Gasteiger partial charge in [-0.25, -0.2) is 0 Å². The summed E-state index contributed by atoms with van der Waals surface area (Å²) in [4.78, 5) is 9.36. The number of nitrogens with zero attached hydrogens (tertiary/aromatic N) is 4. The first kappa shape index (κ1) is 74.9. The monoisotopic (exact) mass is 1510 g/mol. The van der Waals surface area contributed by atoms with Gasteiger partial charge in [0.05, 0.1) is 5.69 Å². The van der Waals surface area contributed by atoms with E-state index in [1.54, 1.807) is 0 Å². The summed E-state index contributed by atoms with van der Waals surface area (Å²) in [7, 11) is 0. The van der Waals surface area contributed by atoms with E-state index in [1.165, 1.54) is 94.5 Å². The normalized spacial score (nSPS) is 13.8. The van der Waals surface area contributed by atoms with E-state index >= 15 is 0 Å². The van der Waals surface area contributed by atoms with Gasteiger partial charge >= 0.3 is 0 Å². The van der Waals surface area contributed by atoms with Crippen molar-refractivity contribution in [3.05, 3.63) is 365 Å². The third kappa shape index (κ3) is 13.5. The molecule has 114 heavy (non-hydrogen) atoms. The number of fused-ring (bicyclic) bond motifs is 10. The molecule has 566 valence electrons. The second-order valence-electron chi connectivity index (χ2n) is 36.4. The van der Waals surface area contributed by atoms with Crippen LogP contribution in [-0.2, 0) is 32.5 Å². The molecule has 6 nitrogen and oxygen atoms in total. The molecule has 2 heterocycles. The van der Waals surface area contributed by atoms with E-state index < -0.39 is 0 Å². The molecule has 0 aromatic heterocycles. The minimum atomic E-state index is -0.236. The average molecular weight is 1510 g/mol. The van der Waals surface area contributed by atoms with E-state index in [0.29, 0.717) is 10.8 Å². The first-order valence-corrected chi connectivity index (χ1v) is 40.6. The number of ether oxygens (including phenoxy) is 2. The summed E-state index contributed by atoms with van der Waals surface area (Å²) in [5.41, 5.74) is 32.1. The highest BCUT2D eigenvalue weighted by atomic mass is 35.5. The SMILES string of the molecule is CC(C)(C)c1ccc(N(c2ccc(C(C)(C)C)cc2)c2cccc(Oc3ccc4c(c3)-c3ccc(N(c5ccccc5)c5ccccc5)cc3C4(C)C)c2Cl)cc1.CC(C)(C)c1ccc(N2c3ccc(C(C)(C)C)cc3B3c4cc5c(cc4Oc4cccc2c43)-c2ccc(N(c3ccccc3)c3ccccc3)cc2C5(C)C)cc1. The van der Waals surface area contributed by atoms with E-state index in [0.717, 1.165) is 74.1 Å². The zero-order valence-corrected chi connectivity index (χ0v) is 69.3. The summed E-state index contributed by atoms with van der Waals surface area (Å²) < 4.78 is 13.8. The lowest BCUT2D eigenvalue weighted by Gasteiger charge is -2.41. The molecule has 14 aromatic carbocycles. The van der Waals surface area contributed by atoms with Crippen LogP contribution in [-0.4, -0.2) is 6.71 Å². The molecule has 0 bridgehead atoms. The molecule has 14 aromatic rings. The van der Waals surface area contributed by atoms with Crippen molar-refractivity contribution in [3.8, 4) is 45.3 Å². The van der Waals surface area contributed by atoms with Crippen LogP contribution in [0, 0.1) is 0 Å². The van der Waals surface area contributed by atoms with E-state index in [-0.39, 0.29) is 39.2 Å². The van der Waals surface area contributed by atoms with Crippen molar-refractivity contribution in [2.75, 3.05) is 19.6 Å². The van der Waals surface area contributed by atoms with E-state index in [4.69, 9.17) is 21.1 Å². The number of anilines is 12. The predicted molar refractivity (Wildman–Crippen MR) is 484 cm³/mol. The molecule has 0 N–H and O–H groups in total. The first-order valence-electron chi connectivity index (χ1n) is 40.3. The largest absolute Gasteiger partial charge is 0.458 e. The van der Waals surface area contributed by atoms with E-state index in [2.05, 4.69) is 434 Å². The minimum Gasteiger partial charge on any atom is -0.458 e. The Bertz CT molecular complexity index is 5840. The Morgan fingerprint density at radius 1 is 0.325 bits per heavy atom. The summed E-state index contributed by atoms with van der Waals surface area (Å²) in [5, 5.41) is 0.546. The number of halogens is 1. The fraction of sp³-hybridized carbons (Fsp3) is 0.208. The molecule has 0 unspecified atom stereocenters. The summed E-state index contributed by atoms with van der Waals surface area (Å²) in [6.45, 7) is 36.6. The number of hydrogen-bond acceptors (Lipinski definition) is 6. The van der Waals surface area contributed by atoms with Crippen molar-refractivity contribution in [2.45, 2.75) is 143 Å². The molecular weight excluding hydrogens is 1410 g/mol. The first-order chi connectivity index (χ1) is 54.5.